The monoisotopic (exact) mass is 318 g/mol. The highest BCUT2D eigenvalue weighted by atomic mass is 32.1. The average Bonchev–Trinajstić information content (AvgIpc) is 2.94. The SMILES string of the molecule is CCc1nnc(NC(=O)C[C@H](NC(C)=O)c2ccccc2)s1. The number of carbonyl (C=O) groups excluding carboxylic acids is 2. The predicted octanol–water partition coefficient (Wildman–Crippen LogP) is 2.31. The summed E-state index contributed by atoms with van der Waals surface area (Å²) in [6, 6.07) is 9.04. The van der Waals surface area contributed by atoms with Crippen LogP contribution < -0.4 is 10.6 Å². The van der Waals surface area contributed by atoms with E-state index in [1.54, 1.807) is 0 Å². The van der Waals surface area contributed by atoms with Gasteiger partial charge in [0.05, 0.1) is 12.5 Å². The summed E-state index contributed by atoms with van der Waals surface area (Å²) in [6.07, 6.45) is 0.927. The summed E-state index contributed by atoms with van der Waals surface area (Å²) in [7, 11) is 0. The van der Waals surface area contributed by atoms with Gasteiger partial charge in [0.25, 0.3) is 0 Å². The summed E-state index contributed by atoms with van der Waals surface area (Å²) in [5.41, 5.74) is 0.888. The van der Waals surface area contributed by atoms with Crippen LogP contribution in [-0.4, -0.2) is 22.0 Å². The smallest absolute Gasteiger partial charge is 0.228 e. The van der Waals surface area contributed by atoms with Crippen molar-refractivity contribution in [3.8, 4) is 0 Å². The highest BCUT2D eigenvalue weighted by Crippen LogP contribution is 2.19. The summed E-state index contributed by atoms with van der Waals surface area (Å²) in [5.74, 6) is -0.382. The van der Waals surface area contributed by atoms with E-state index < -0.39 is 0 Å². The van der Waals surface area contributed by atoms with Gasteiger partial charge < -0.3 is 10.6 Å². The normalized spacial score (nSPS) is 11.7. The van der Waals surface area contributed by atoms with Crippen molar-refractivity contribution in [2.24, 2.45) is 0 Å². The fraction of sp³-hybridized carbons (Fsp3) is 0.333. The molecule has 1 aromatic carbocycles. The molecular weight excluding hydrogens is 300 g/mol. The third kappa shape index (κ3) is 4.63. The molecule has 6 nitrogen and oxygen atoms in total. The summed E-state index contributed by atoms with van der Waals surface area (Å²) in [4.78, 5) is 23.5. The predicted molar refractivity (Wildman–Crippen MR) is 85.5 cm³/mol. The number of aryl methyl sites for hydroxylation is 1. The number of amides is 2. The van der Waals surface area contributed by atoms with Crippen LogP contribution in [0.15, 0.2) is 30.3 Å². The molecule has 2 aromatic rings. The molecule has 7 heteroatoms. The van der Waals surface area contributed by atoms with Crippen LogP contribution in [0.4, 0.5) is 5.13 Å². The highest BCUT2D eigenvalue weighted by molar-refractivity contribution is 7.15. The summed E-state index contributed by atoms with van der Waals surface area (Å²) >= 11 is 1.36. The third-order valence-electron chi connectivity index (χ3n) is 2.98. The Morgan fingerprint density at radius 1 is 1.23 bits per heavy atom. The average molecular weight is 318 g/mol. The molecule has 0 spiro atoms. The minimum Gasteiger partial charge on any atom is -0.349 e. The summed E-state index contributed by atoms with van der Waals surface area (Å²) in [5, 5.41) is 14.8. The van der Waals surface area contributed by atoms with Gasteiger partial charge in [0.2, 0.25) is 16.9 Å². The molecule has 0 fully saturated rings. The van der Waals surface area contributed by atoms with Gasteiger partial charge in [-0.05, 0) is 12.0 Å². The first-order valence-corrected chi connectivity index (χ1v) is 7.84. The van der Waals surface area contributed by atoms with E-state index in [1.165, 1.54) is 18.3 Å². The first-order valence-electron chi connectivity index (χ1n) is 7.02. The largest absolute Gasteiger partial charge is 0.349 e. The zero-order chi connectivity index (χ0) is 15.9. The molecule has 2 N–H and O–H groups in total. The number of carbonyl (C=O) groups is 2. The van der Waals surface area contributed by atoms with E-state index >= 15 is 0 Å². The van der Waals surface area contributed by atoms with Crippen molar-refractivity contribution in [1.29, 1.82) is 0 Å². The molecule has 2 amide bonds. The number of nitrogens with one attached hydrogen (secondary N) is 2. The molecule has 0 bridgehead atoms. The van der Waals surface area contributed by atoms with Crippen molar-refractivity contribution in [3.63, 3.8) is 0 Å². The Kier molecular flexibility index (Phi) is 5.60. The van der Waals surface area contributed by atoms with Crippen LogP contribution in [0.25, 0.3) is 0 Å². The van der Waals surface area contributed by atoms with Gasteiger partial charge in [0, 0.05) is 6.92 Å². The second-order valence-corrected chi connectivity index (χ2v) is 5.83. The second-order valence-electron chi connectivity index (χ2n) is 4.77. The van der Waals surface area contributed by atoms with E-state index in [0.29, 0.717) is 5.13 Å². The maximum Gasteiger partial charge on any atom is 0.228 e. The minimum absolute atomic E-state index is 0.143. The maximum atomic E-state index is 12.2. The molecule has 0 saturated carbocycles. The zero-order valence-electron chi connectivity index (χ0n) is 12.5. The molecular formula is C15H18N4O2S. The Hall–Kier alpha value is -2.28. The van der Waals surface area contributed by atoms with E-state index in [0.717, 1.165) is 17.0 Å². The number of hydrogen-bond donors (Lipinski definition) is 2. The quantitative estimate of drug-likeness (QED) is 0.856. The highest BCUT2D eigenvalue weighted by Gasteiger charge is 2.18. The Bertz CT molecular complexity index is 642. The third-order valence-corrected chi connectivity index (χ3v) is 3.97. The van der Waals surface area contributed by atoms with Crippen molar-refractivity contribution in [3.05, 3.63) is 40.9 Å². The van der Waals surface area contributed by atoms with E-state index in [1.807, 2.05) is 37.3 Å². The van der Waals surface area contributed by atoms with Gasteiger partial charge in [0.1, 0.15) is 5.01 Å². The zero-order valence-corrected chi connectivity index (χ0v) is 13.3. The lowest BCUT2D eigenvalue weighted by atomic mass is 10.0. The minimum atomic E-state index is -0.364. The molecule has 1 heterocycles. The van der Waals surface area contributed by atoms with E-state index in [9.17, 15) is 9.59 Å². The lowest BCUT2D eigenvalue weighted by Gasteiger charge is -2.17. The fourth-order valence-electron chi connectivity index (χ4n) is 1.99. The van der Waals surface area contributed by atoms with E-state index in [4.69, 9.17) is 0 Å². The molecule has 1 atom stereocenters. The van der Waals surface area contributed by atoms with Crippen LogP contribution in [0, 0.1) is 0 Å². The molecule has 1 aromatic heterocycles. The maximum absolute atomic E-state index is 12.2. The van der Waals surface area contributed by atoms with Crippen molar-refractivity contribution >= 4 is 28.3 Å². The summed E-state index contributed by atoms with van der Waals surface area (Å²) in [6.45, 7) is 3.42. The molecule has 0 radical (unpaired) electrons. The summed E-state index contributed by atoms with van der Waals surface area (Å²) < 4.78 is 0. The Labute approximate surface area is 133 Å². The van der Waals surface area contributed by atoms with Gasteiger partial charge in [-0.1, -0.05) is 48.6 Å². The molecule has 0 aliphatic rings. The van der Waals surface area contributed by atoms with Crippen LogP contribution in [0.3, 0.4) is 0 Å². The number of rotatable bonds is 6. The molecule has 0 saturated heterocycles. The lowest BCUT2D eigenvalue weighted by molar-refractivity contribution is -0.120. The van der Waals surface area contributed by atoms with Crippen molar-refractivity contribution in [2.45, 2.75) is 32.7 Å². The molecule has 22 heavy (non-hydrogen) atoms. The van der Waals surface area contributed by atoms with Gasteiger partial charge in [-0.15, -0.1) is 10.2 Å². The number of anilines is 1. The molecule has 0 aliphatic carbocycles. The molecule has 0 unspecified atom stereocenters. The Morgan fingerprint density at radius 3 is 2.55 bits per heavy atom. The van der Waals surface area contributed by atoms with Crippen molar-refractivity contribution in [1.82, 2.24) is 15.5 Å². The molecule has 2 rings (SSSR count). The number of nitrogens with zero attached hydrogens (tertiary/aromatic N) is 2. The number of hydrogen-bond acceptors (Lipinski definition) is 5. The first kappa shape index (κ1) is 16.1. The Balaban J connectivity index is 2.03. The standard InChI is InChI=1S/C15H18N4O2S/c1-3-14-18-19-15(22-14)17-13(21)9-12(16-10(2)20)11-7-5-4-6-8-11/h4-8,12H,3,9H2,1-2H3,(H,16,20)(H,17,19,21)/t12-/m0/s1. The van der Waals surface area contributed by atoms with Gasteiger partial charge in [0.15, 0.2) is 0 Å². The first-order chi connectivity index (χ1) is 10.6. The van der Waals surface area contributed by atoms with Crippen LogP contribution in [0.2, 0.25) is 0 Å². The molecule has 0 aliphatic heterocycles. The van der Waals surface area contributed by atoms with Gasteiger partial charge in [-0.25, -0.2) is 0 Å². The van der Waals surface area contributed by atoms with Crippen LogP contribution in [-0.2, 0) is 16.0 Å². The second kappa shape index (κ2) is 7.65. The lowest BCUT2D eigenvalue weighted by Crippen LogP contribution is -2.29. The van der Waals surface area contributed by atoms with Crippen LogP contribution in [0.5, 0.6) is 0 Å². The number of aromatic nitrogens is 2. The van der Waals surface area contributed by atoms with Crippen LogP contribution in [0.1, 0.15) is 36.9 Å². The Morgan fingerprint density at radius 2 is 1.95 bits per heavy atom. The van der Waals surface area contributed by atoms with Crippen molar-refractivity contribution in [2.75, 3.05) is 5.32 Å². The van der Waals surface area contributed by atoms with E-state index in [-0.39, 0.29) is 24.3 Å². The fourth-order valence-corrected chi connectivity index (χ4v) is 2.68. The molecule has 116 valence electrons. The van der Waals surface area contributed by atoms with Gasteiger partial charge >= 0.3 is 0 Å². The van der Waals surface area contributed by atoms with Gasteiger partial charge in [-0.3, -0.25) is 9.59 Å². The van der Waals surface area contributed by atoms with E-state index in [2.05, 4.69) is 20.8 Å². The van der Waals surface area contributed by atoms with Crippen LogP contribution >= 0.6 is 11.3 Å². The topological polar surface area (TPSA) is 84.0 Å². The number of benzene rings is 1. The van der Waals surface area contributed by atoms with Gasteiger partial charge in [-0.2, -0.15) is 0 Å². The van der Waals surface area contributed by atoms with Crippen molar-refractivity contribution < 1.29 is 9.59 Å².